The van der Waals surface area contributed by atoms with Gasteiger partial charge in [-0.3, -0.25) is 4.79 Å². The summed E-state index contributed by atoms with van der Waals surface area (Å²) >= 11 is 11.7. The van der Waals surface area contributed by atoms with E-state index in [9.17, 15) is 4.79 Å². The first-order chi connectivity index (χ1) is 8.56. The fourth-order valence-electron chi connectivity index (χ4n) is 1.33. The molecule has 1 amide bonds. The molecule has 0 atom stereocenters. The molecule has 0 saturated carbocycles. The van der Waals surface area contributed by atoms with Crippen LogP contribution >= 0.6 is 23.2 Å². The molecule has 0 aliphatic rings. The normalized spacial score (nSPS) is 10.4. The summed E-state index contributed by atoms with van der Waals surface area (Å²) in [5, 5.41) is 7.01. The number of carbonyl (C=O) groups excluding carboxylic acids is 1. The fourth-order valence-corrected chi connectivity index (χ4v) is 1.71. The molecule has 1 aromatic heterocycles. The first kappa shape index (κ1) is 12.9. The van der Waals surface area contributed by atoms with Crippen LogP contribution in [-0.2, 0) is 6.54 Å². The molecule has 0 radical (unpaired) electrons. The van der Waals surface area contributed by atoms with Crippen LogP contribution in [0, 0.1) is 6.92 Å². The molecular weight excluding hydrogens is 277 g/mol. The zero-order chi connectivity index (χ0) is 13.1. The zero-order valence-electron chi connectivity index (χ0n) is 9.41. The Hall–Kier alpha value is -1.59. The second kappa shape index (κ2) is 5.37. The highest BCUT2D eigenvalue weighted by Gasteiger charge is 2.12. The van der Waals surface area contributed by atoms with E-state index in [2.05, 4.69) is 15.5 Å². The average Bonchev–Trinajstić information content (AvgIpc) is 2.75. The average molecular weight is 286 g/mol. The molecule has 0 saturated heterocycles. The Morgan fingerprint density at radius 3 is 2.89 bits per heavy atom. The number of benzene rings is 1. The van der Waals surface area contributed by atoms with Crippen LogP contribution in [-0.4, -0.2) is 16.0 Å². The van der Waals surface area contributed by atoms with Crippen molar-refractivity contribution < 1.29 is 9.32 Å². The number of hydrogen-bond acceptors (Lipinski definition) is 4. The highest BCUT2D eigenvalue weighted by molar-refractivity contribution is 6.35. The SMILES string of the molecule is Cc1noc(CNC(=O)c2cc(Cl)ccc2Cl)n1. The lowest BCUT2D eigenvalue weighted by Crippen LogP contribution is -2.23. The molecule has 1 N–H and O–H groups in total. The highest BCUT2D eigenvalue weighted by atomic mass is 35.5. The predicted molar refractivity (Wildman–Crippen MR) is 66.7 cm³/mol. The molecule has 0 unspecified atom stereocenters. The van der Waals surface area contributed by atoms with E-state index in [1.807, 2.05) is 0 Å². The van der Waals surface area contributed by atoms with Crippen molar-refractivity contribution in [1.29, 1.82) is 0 Å². The monoisotopic (exact) mass is 285 g/mol. The molecule has 7 heteroatoms. The van der Waals surface area contributed by atoms with Crippen molar-refractivity contribution in [2.45, 2.75) is 13.5 Å². The van der Waals surface area contributed by atoms with Crippen molar-refractivity contribution in [3.63, 3.8) is 0 Å². The van der Waals surface area contributed by atoms with Crippen molar-refractivity contribution in [3.8, 4) is 0 Å². The lowest BCUT2D eigenvalue weighted by atomic mass is 10.2. The maximum absolute atomic E-state index is 11.9. The third kappa shape index (κ3) is 3.00. The largest absolute Gasteiger partial charge is 0.343 e. The van der Waals surface area contributed by atoms with Gasteiger partial charge in [0.15, 0.2) is 5.82 Å². The van der Waals surface area contributed by atoms with Gasteiger partial charge < -0.3 is 9.84 Å². The number of rotatable bonds is 3. The molecule has 5 nitrogen and oxygen atoms in total. The van der Waals surface area contributed by atoms with E-state index >= 15 is 0 Å². The van der Waals surface area contributed by atoms with E-state index in [1.54, 1.807) is 19.1 Å². The Morgan fingerprint density at radius 2 is 2.22 bits per heavy atom. The van der Waals surface area contributed by atoms with E-state index in [1.165, 1.54) is 6.07 Å². The Morgan fingerprint density at radius 1 is 1.44 bits per heavy atom. The minimum absolute atomic E-state index is 0.141. The van der Waals surface area contributed by atoms with Gasteiger partial charge in [-0.1, -0.05) is 28.4 Å². The molecule has 1 heterocycles. The summed E-state index contributed by atoms with van der Waals surface area (Å²) in [6, 6.07) is 4.68. The van der Waals surface area contributed by atoms with Crippen LogP contribution in [0.5, 0.6) is 0 Å². The number of amides is 1. The minimum atomic E-state index is -0.349. The summed E-state index contributed by atoms with van der Waals surface area (Å²) in [7, 11) is 0. The first-order valence-corrected chi connectivity index (χ1v) is 5.84. The Balaban J connectivity index is 2.05. The number of carbonyl (C=O) groups is 1. The van der Waals surface area contributed by atoms with Gasteiger partial charge in [-0.2, -0.15) is 4.98 Å². The number of nitrogens with zero attached hydrogens (tertiary/aromatic N) is 2. The quantitative estimate of drug-likeness (QED) is 0.941. The van der Waals surface area contributed by atoms with Gasteiger partial charge in [0.1, 0.15) is 0 Å². The Kier molecular flexibility index (Phi) is 3.84. The molecule has 0 aliphatic carbocycles. The van der Waals surface area contributed by atoms with Crippen molar-refractivity contribution in [2.75, 3.05) is 0 Å². The van der Waals surface area contributed by atoms with Crippen molar-refractivity contribution in [1.82, 2.24) is 15.5 Å². The van der Waals surface area contributed by atoms with Crippen molar-refractivity contribution in [2.24, 2.45) is 0 Å². The van der Waals surface area contributed by atoms with Crippen LogP contribution in [0.15, 0.2) is 22.7 Å². The molecule has 2 rings (SSSR count). The fraction of sp³-hybridized carbons (Fsp3) is 0.182. The third-order valence-electron chi connectivity index (χ3n) is 2.14. The summed E-state index contributed by atoms with van der Waals surface area (Å²) in [6.45, 7) is 1.84. The molecule has 0 bridgehead atoms. The van der Waals surface area contributed by atoms with Gasteiger partial charge in [-0.25, -0.2) is 0 Å². The molecule has 0 aliphatic heterocycles. The Bertz CT molecular complexity index is 583. The van der Waals surface area contributed by atoms with E-state index in [0.717, 1.165) is 0 Å². The molecule has 2 aromatic rings. The Labute approximate surface area is 113 Å². The number of nitrogens with one attached hydrogen (secondary N) is 1. The lowest BCUT2D eigenvalue weighted by Gasteiger charge is -2.04. The second-order valence-corrected chi connectivity index (χ2v) is 4.39. The van der Waals surface area contributed by atoms with Gasteiger partial charge in [0.05, 0.1) is 17.1 Å². The maximum Gasteiger partial charge on any atom is 0.253 e. The van der Waals surface area contributed by atoms with Crippen molar-refractivity contribution >= 4 is 29.1 Å². The number of halogens is 2. The smallest absolute Gasteiger partial charge is 0.253 e. The standard InChI is InChI=1S/C11H9Cl2N3O2/c1-6-15-10(18-16-6)5-14-11(17)8-4-7(12)2-3-9(8)13/h2-4H,5H2,1H3,(H,14,17). The van der Waals surface area contributed by atoms with Gasteiger partial charge in [0, 0.05) is 5.02 Å². The van der Waals surface area contributed by atoms with Crippen molar-refractivity contribution in [3.05, 3.63) is 45.5 Å². The van der Waals surface area contributed by atoms with Gasteiger partial charge in [0.2, 0.25) is 5.89 Å². The molecule has 1 aromatic carbocycles. The van der Waals surface area contributed by atoms with Crippen LogP contribution in [0.4, 0.5) is 0 Å². The van der Waals surface area contributed by atoms with Gasteiger partial charge >= 0.3 is 0 Å². The maximum atomic E-state index is 11.9. The van der Waals surface area contributed by atoms with E-state index in [0.29, 0.717) is 27.3 Å². The van der Waals surface area contributed by atoms with Crippen LogP contribution in [0.1, 0.15) is 22.1 Å². The van der Waals surface area contributed by atoms with Gasteiger partial charge in [-0.15, -0.1) is 0 Å². The van der Waals surface area contributed by atoms with E-state index < -0.39 is 0 Å². The zero-order valence-corrected chi connectivity index (χ0v) is 10.9. The summed E-state index contributed by atoms with van der Waals surface area (Å²) < 4.78 is 4.87. The third-order valence-corrected chi connectivity index (χ3v) is 2.71. The molecule has 18 heavy (non-hydrogen) atoms. The minimum Gasteiger partial charge on any atom is -0.343 e. The van der Waals surface area contributed by atoms with E-state index in [-0.39, 0.29) is 12.5 Å². The second-order valence-electron chi connectivity index (χ2n) is 3.54. The number of hydrogen-bond donors (Lipinski definition) is 1. The summed E-state index contributed by atoms with van der Waals surface area (Å²) in [6.07, 6.45) is 0. The van der Waals surface area contributed by atoms with E-state index in [4.69, 9.17) is 27.7 Å². The van der Waals surface area contributed by atoms with Crippen LogP contribution < -0.4 is 5.32 Å². The molecule has 94 valence electrons. The van der Waals surface area contributed by atoms with Crippen LogP contribution in [0.3, 0.4) is 0 Å². The number of aryl methyl sites for hydroxylation is 1. The summed E-state index contributed by atoms with van der Waals surface area (Å²) in [5.41, 5.74) is 0.306. The van der Waals surface area contributed by atoms with Crippen LogP contribution in [0.2, 0.25) is 10.0 Å². The predicted octanol–water partition coefficient (Wildman–Crippen LogP) is 2.61. The van der Waals surface area contributed by atoms with Gasteiger partial charge in [0.25, 0.3) is 5.91 Å². The lowest BCUT2D eigenvalue weighted by molar-refractivity contribution is 0.0946. The highest BCUT2D eigenvalue weighted by Crippen LogP contribution is 2.20. The summed E-state index contributed by atoms with van der Waals surface area (Å²) in [5.74, 6) is 0.498. The molecular formula is C11H9Cl2N3O2. The van der Waals surface area contributed by atoms with Crippen LogP contribution in [0.25, 0.3) is 0 Å². The number of aromatic nitrogens is 2. The first-order valence-electron chi connectivity index (χ1n) is 5.08. The van der Waals surface area contributed by atoms with Gasteiger partial charge in [-0.05, 0) is 25.1 Å². The molecule has 0 fully saturated rings. The summed E-state index contributed by atoms with van der Waals surface area (Å²) in [4.78, 5) is 15.8. The molecule has 0 spiro atoms. The topological polar surface area (TPSA) is 68.0 Å².